The summed E-state index contributed by atoms with van der Waals surface area (Å²) in [6.45, 7) is 4.39. The summed E-state index contributed by atoms with van der Waals surface area (Å²) in [5.41, 5.74) is 5.05. The Hall–Kier alpha value is -4.41. The lowest BCUT2D eigenvalue weighted by molar-refractivity contribution is -0.121. The molecule has 1 amide bonds. The predicted octanol–water partition coefficient (Wildman–Crippen LogP) is 1.73. The summed E-state index contributed by atoms with van der Waals surface area (Å²) in [4.78, 5) is 65.9. The zero-order valence-electron chi connectivity index (χ0n) is 20.3. The Morgan fingerprint density at radius 2 is 1.83 bits per heavy atom. The number of carbonyl (C=O) groups is 2. The molecule has 0 saturated carbocycles. The number of carbonyl (C=O) groups excluding carboxylic acids is 2. The predicted molar refractivity (Wildman–Crippen MR) is 133 cm³/mol. The Kier molecular flexibility index (Phi) is 8.26. The Labute approximate surface area is 206 Å². The van der Waals surface area contributed by atoms with Crippen LogP contribution in [0.5, 0.6) is 0 Å². The van der Waals surface area contributed by atoms with E-state index in [1.807, 2.05) is 13.0 Å². The maximum absolute atomic E-state index is 13.1. The number of nitrogens with two attached hydrogens (primary N) is 1. The molecule has 0 unspecified atom stereocenters. The molecule has 0 aliphatic heterocycles. The van der Waals surface area contributed by atoms with Crippen molar-refractivity contribution in [1.29, 1.82) is 0 Å². The summed E-state index contributed by atoms with van der Waals surface area (Å²) in [6, 6.07) is 10.2. The van der Waals surface area contributed by atoms with Crippen molar-refractivity contribution in [3.8, 4) is 0 Å². The minimum absolute atomic E-state index is 0.0382. The smallest absolute Gasteiger partial charge is 0.342 e. The van der Waals surface area contributed by atoms with Gasteiger partial charge in [0.2, 0.25) is 0 Å². The van der Waals surface area contributed by atoms with Crippen molar-refractivity contribution in [3.63, 3.8) is 0 Å². The fourth-order valence-electron chi connectivity index (χ4n) is 3.78. The lowest BCUT2D eigenvalue weighted by Crippen LogP contribution is -2.43. The molecule has 190 valence electrons. The maximum Gasteiger partial charge on any atom is 0.342 e. The molecule has 3 N–H and O–H groups in total. The molecule has 11 nitrogen and oxygen atoms in total. The van der Waals surface area contributed by atoms with Crippen LogP contribution >= 0.6 is 0 Å². The molecule has 3 aromatic rings. The number of amides is 1. The van der Waals surface area contributed by atoms with Crippen molar-refractivity contribution in [1.82, 2.24) is 9.55 Å². The van der Waals surface area contributed by atoms with Gasteiger partial charge in [0, 0.05) is 12.6 Å². The average Bonchev–Trinajstić information content (AvgIpc) is 2.82. The molecule has 2 heterocycles. The fourth-order valence-corrected chi connectivity index (χ4v) is 3.78. The molecule has 3 rings (SSSR count). The molecular formula is C25H28N4O7. The number of aromatic amines is 1. The number of aryl methyl sites for hydroxylation is 2. The zero-order valence-corrected chi connectivity index (χ0v) is 20.3. The molecule has 0 atom stereocenters. The topological polar surface area (TPSA) is 158 Å². The van der Waals surface area contributed by atoms with Gasteiger partial charge in [-0.05, 0) is 31.4 Å². The number of ether oxygens (including phenoxy) is 1. The monoisotopic (exact) mass is 496 g/mol. The van der Waals surface area contributed by atoms with Gasteiger partial charge in [0.25, 0.3) is 11.5 Å². The Morgan fingerprint density at radius 1 is 1.14 bits per heavy atom. The highest BCUT2D eigenvalue weighted by Crippen LogP contribution is 2.19. The summed E-state index contributed by atoms with van der Waals surface area (Å²) in [7, 11) is 0. The van der Waals surface area contributed by atoms with E-state index >= 15 is 0 Å². The number of nitrogens with zero attached hydrogens (tertiary/aromatic N) is 2. The number of nitrogens with one attached hydrogen (secondary N) is 1. The number of esters is 1. The van der Waals surface area contributed by atoms with E-state index in [4.69, 9.17) is 14.9 Å². The number of hydrogen-bond acceptors (Lipinski definition) is 8. The van der Waals surface area contributed by atoms with Crippen LogP contribution in [0.15, 0.2) is 55.2 Å². The lowest BCUT2D eigenvalue weighted by atomic mass is 10.1. The van der Waals surface area contributed by atoms with Crippen molar-refractivity contribution >= 4 is 23.4 Å². The highest BCUT2D eigenvalue weighted by Gasteiger charge is 2.26. The van der Waals surface area contributed by atoms with Crippen molar-refractivity contribution in [2.45, 2.75) is 40.2 Å². The first-order valence-electron chi connectivity index (χ1n) is 11.4. The summed E-state index contributed by atoms with van der Waals surface area (Å²) < 4.78 is 11.3. The number of hydrogen-bond donors (Lipinski definition) is 2. The van der Waals surface area contributed by atoms with Gasteiger partial charge in [0.05, 0.1) is 6.54 Å². The summed E-state index contributed by atoms with van der Waals surface area (Å²) in [5.74, 6) is -1.67. The first-order valence-corrected chi connectivity index (χ1v) is 11.4. The van der Waals surface area contributed by atoms with Gasteiger partial charge in [0.1, 0.15) is 17.1 Å². The highest BCUT2D eigenvalue weighted by molar-refractivity contribution is 5.99. The van der Waals surface area contributed by atoms with E-state index < -0.39 is 35.4 Å². The van der Waals surface area contributed by atoms with Gasteiger partial charge in [0.15, 0.2) is 12.3 Å². The molecule has 0 aliphatic carbocycles. The quantitative estimate of drug-likeness (QED) is 0.424. The number of nitrogen functional groups attached to an aromatic ring is 1. The van der Waals surface area contributed by atoms with Crippen LogP contribution in [0.1, 0.15) is 47.0 Å². The van der Waals surface area contributed by atoms with Crippen LogP contribution in [0, 0.1) is 13.8 Å². The van der Waals surface area contributed by atoms with E-state index in [0.29, 0.717) is 18.4 Å². The Balaban J connectivity index is 1.92. The molecule has 0 aliphatic rings. The third kappa shape index (κ3) is 5.80. The largest absolute Gasteiger partial charge is 0.452 e. The highest BCUT2D eigenvalue weighted by atomic mass is 16.5. The van der Waals surface area contributed by atoms with E-state index in [0.717, 1.165) is 16.5 Å². The molecule has 0 spiro atoms. The second-order valence-corrected chi connectivity index (χ2v) is 8.22. The van der Waals surface area contributed by atoms with Gasteiger partial charge in [-0.15, -0.1) is 0 Å². The zero-order chi connectivity index (χ0) is 26.4. The number of aromatic nitrogens is 2. The van der Waals surface area contributed by atoms with E-state index in [-0.39, 0.29) is 35.9 Å². The third-order valence-corrected chi connectivity index (χ3v) is 5.57. The molecular weight excluding hydrogens is 468 g/mol. The molecule has 11 heteroatoms. The average molecular weight is 497 g/mol. The van der Waals surface area contributed by atoms with Gasteiger partial charge in [-0.2, -0.15) is 0 Å². The first kappa shape index (κ1) is 26.2. The number of anilines is 2. The molecule has 0 saturated heterocycles. The van der Waals surface area contributed by atoms with Crippen molar-refractivity contribution in [2.75, 3.05) is 23.8 Å². The van der Waals surface area contributed by atoms with Crippen LogP contribution in [0.2, 0.25) is 0 Å². The maximum atomic E-state index is 13.1. The molecule has 1 aromatic carbocycles. The van der Waals surface area contributed by atoms with Crippen molar-refractivity contribution in [3.05, 3.63) is 90.1 Å². The van der Waals surface area contributed by atoms with Crippen LogP contribution in [-0.4, -0.2) is 34.6 Å². The minimum Gasteiger partial charge on any atom is -0.452 e. The molecule has 0 radical (unpaired) electrons. The molecule has 2 aromatic heterocycles. The Bertz CT molecular complexity index is 1410. The van der Waals surface area contributed by atoms with Crippen LogP contribution in [0.25, 0.3) is 0 Å². The van der Waals surface area contributed by atoms with Gasteiger partial charge < -0.3 is 19.8 Å². The number of rotatable bonds is 9. The number of benzene rings is 1. The molecule has 0 fully saturated rings. The minimum atomic E-state index is -0.853. The Morgan fingerprint density at radius 3 is 2.47 bits per heavy atom. The first-order chi connectivity index (χ1) is 17.1. The second kappa shape index (κ2) is 11.3. The van der Waals surface area contributed by atoms with Crippen LogP contribution < -0.4 is 27.5 Å². The summed E-state index contributed by atoms with van der Waals surface area (Å²) >= 11 is 0. The lowest BCUT2D eigenvalue weighted by Gasteiger charge is -2.24. The number of H-pyrrole nitrogens is 1. The van der Waals surface area contributed by atoms with E-state index in [9.17, 15) is 24.0 Å². The van der Waals surface area contributed by atoms with Crippen LogP contribution in [0.4, 0.5) is 11.5 Å². The van der Waals surface area contributed by atoms with Gasteiger partial charge in [-0.3, -0.25) is 19.1 Å². The van der Waals surface area contributed by atoms with Gasteiger partial charge in [-0.1, -0.05) is 43.7 Å². The van der Waals surface area contributed by atoms with E-state index in [1.165, 1.54) is 11.5 Å². The molecule has 36 heavy (non-hydrogen) atoms. The van der Waals surface area contributed by atoms with Crippen LogP contribution in [0.3, 0.4) is 0 Å². The summed E-state index contributed by atoms with van der Waals surface area (Å²) in [6.07, 6.45) is 1.23. The van der Waals surface area contributed by atoms with Crippen LogP contribution in [-0.2, 0) is 16.1 Å². The normalized spacial score (nSPS) is 10.8. The van der Waals surface area contributed by atoms with Crippen molar-refractivity contribution in [2.24, 2.45) is 0 Å². The fraction of sp³-hybridized carbons (Fsp3) is 0.320. The molecule has 0 bridgehead atoms. The van der Waals surface area contributed by atoms with E-state index in [2.05, 4.69) is 4.98 Å². The number of unbranched alkanes of at least 4 members (excludes halogenated alkanes) is 1. The van der Waals surface area contributed by atoms with Gasteiger partial charge in [-0.25, -0.2) is 14.4 Å². The van der Waals surface area contributed by atoms with E-state index in [1.54, 1.807) is 31.2 Å². The summed E-state index contributed by atoms with van der Waals surface area (Å²) in [5, 5.41) is 0. The SMILES string of the molecule is CCCCN(C(=O)COC(=O)c1c(C)cc(=O)oc1C)c1c(N)n(Cc2ccccc2)c(=O)[nH]c1=O. The van der Waals surface area contributed by atoms with Gasteiger partial charge >= 0.3 is 17.3 Å². The second-order valence-electron chi connectivity index (χ2n) is 8.22. The van der Waals surface area contributed by atoms with Crippen molar-refractivity contribution < 1.29 is 18.7 Å². The standard InChI is InChI=1S/C25H28N4O7/c1-4-5-11-28(18(30)14-35-24(33)20-15(2)12-19(31)36-16(20)3)21-22(26)29(25(34)27-23(21)32)13-17-9-7-6-8-10-17/h6-10,12H,4-5,11,13-14,26H2,1-3H3,(H,27,32,34). The third-order valence-electron chi connectivity index (χ3n) is 5.57.